The van der Waals surface area contributed by atoms with Gasteiger partial charge < -0.3 is 19.4 Å². The minimum atomic E-state index is -3.86. The second-order valence-electron chi connectivity index (χ2n) is 8.13. The van der Waals surface area contributed by atoms with Gasteiger partial charge in [-0.3, -0.25) is 4.72 Å². The van der Waals surface area contributed by atoms with Crippen LogP contribution in [0, 0.1) is 6.92 Å². The molecule has 2 aromatic heterocycles. The number of ether oxygens (including phenoxy) is 1. The van der Waals surface area contributed by atoms with E-state index in [0.717, 1.165) is 24.4 Å². The quantitative estimate of drug-likeness (QED) is 0.584. The summed E-state index contributed by atoms with van der Waals surface area (Å²) in [7, 11) is -2.37. The Morgan fingerprint density at radius 2 is 1.75 bits per heavy atom. The van der Waals surface area contributed by atoms with Crippen LogP contribution >= 0.6 is 0 Å². The lowest BCUT2D eigenvalue weighted by Gasteiger charge is -2.37. The normalized spacial score (nSPS) is 19.1. The largest absolute Gasteiger partial charge is 0.493 e. The number of rotatable bonds is 6. The lowest BCUT2D eigenvalue weighted by molar-refractivity contribution is 0.403. The first-order valence-corrected chi connectivity index (χ1v) is 12.0. The maximum atomic E-state index is 13.1. The highest BCUT2D eigenvalue weighted by atomic mass is 32.2. The third-order valence-corrected chi connectivity index (χ3v) is 6.72. The molecule has 1 aliphatic heterocycles. The van der Waals surface area contributed by atoms with E-state index in [4.69, 9.17) is 9.15 Å². The first kappa shape index (κ1) is 22.2. The summed E-state index contributed by atoms with van der Waals surface area (Å²) in [5, 5.41) is 3.48. The smallest absolute Gasteiger partial charge is 0.263 e. The van der Waals surface area contributed by atoms with Gasteiger partial charge in [0.25, 0.3) is 10.0 Å². The molecule has 1 fully saturated rings. The van der Waals surface area contributed by atoms with Crippen molar-refractivity contribution in [1.82, 2.24) is 10.3 Å². The molecule has 1 aliphatic rings. The summed E-state index contributed by atoms with van der Waals surface area (Å²) in [4.78, 5) is 6.85. The fraction of sp³-hybridized carbons (Fsp3) is 0.348. The van der Waals surface area contributed by atoms with Crippen LogP contribution in [0.15, 0.2) is 57.8 Å². The summed E-state index contributed by atoms with van der Waals surface area (Å²) in [6, 6.07) is 14.5. The molecule has 0 radical (unpaired) electrons. The molecule has 9 heteroatoms. The highest BCUT2D eigenvalue weighted by Gasteiger charge is 2.24. The molecule has 0 aliphatic carbocycles. The van der Waals surface area contributed by atoms with Crippen LogP contribution < -0.4 is 19.7 Å². The predicted octanol–water partition coefficient (Wildman–Crippen LogP) is 3.65. The molecule has 1 saturated heterocycles. The Morgan fingerprint density at radius 1 is 1.06 bits per heavy atom. The van der Waals surface area contributed by atoms with Crippen molar-refractivity contribution in [3.8, 4) is 17.1 Å². The standard InChI is InChI=1S/C23H28N4O4S/c1-15-13-27(14-16(2)24-15)22-12-11-21(30-4)23(25-22)26-32(28,29)19-8-6-18(7-9-19)20-10-5-17(3)31-20/h5-12,15-16,24H,13-14H2,1-4H3,(H,25,26). The van der Waals surface area contributed by atoms with Gasteiger partial charge in [-0.05, 0) is 69.3 Å². The van der Waals surface area contributed by atoms with Gasteiger partial charge in [-0.25, -0.2) is 13.4 Å². The second-order valence-corrected chi connectivity index (χ2v) is 9.82. The summed E-state index contributed by atoms with van der Waals surface area (Å²) in [5.74, 6) is 2.71. The third kappa shape index (κ3) is 4.73. The molecule has 170 valence electrons. The van der Waals surface area contributed by atoms with Crippen molar-refractivity contribution in [3.63, 3.8) is 0 Å². The van der Waals surface area contributed by atoms with Gasteiger partial charge in [0.15, 0.2) is 11.6 Å². The maximum absolute atomic E-state index is 13.1. The van der Waals surface area contributed by atoms with Gasteiger partial charge in [0, 0.05) is 30.7 Å². The Kier molecular flexibility index (Phi) is 6.12. The highest BCUT2D eigenvalue weighted by molar-refractivity contribution is 7.92. The molecule has 8 nitrogen and oxygen atoms in total. The van der Waals surface area contributed by atoms with Crippen molar-refractivity contribution >= 4 is 21.7 Å². The van der Waals surface area contributed by atoms with Gasteiger partial charge >= 0.3 is 0 Å². The highest BCUT2D eigenvalue weighted by Crippen LogP contribution is 2.29. The van der Waals surface area contributed by atoms with Gasteiger partial charge in [-0.2, -0.15) is 0 Å². The van der Waals surface area contributed by atoms with Gasteiger partial charge in [-0.15, -0.1) is 0 Å². The first-order valence-electron chi connectivity index (χ1n) is 10.5. The number of benzene rings is 1. The fourth-order valence-electron chi connectivity index (χ4n) is 3.94. The molecule has 2 atom stereocenters. The number of methoxy groups -OCH3 is 1. The zero-order valence-electron chi connectivity index (χ0n) is 18.6. The number of nitrogens with one attached hydrogen (secondary N) is 2. The van der Waals surface area contributed by atoms with E-state index >= 15 is 0 Å². The van der Waals surface area contributed by atoms with Crippen LogP contribution in [0.25, 0.3) is 11.3 Å². The van der Waals surface area contributed by atoms with E-state index in [1.165, 1.54) is 7.11 Å². The second kappa shape index (κ2) is 8.84. The van der Waals surface area contributed by atoms with Crippen molar-refractivity contribution < 1.29 is 17.6 Å². The molecule has 32 heavy (non-hydrogen) atoms. The number of hydrogen-bond donors (Lipinski definition) is 2. The number of aryl methyl sites for hydroxylation is 1. The van der Waals surface area contributed by atoms with Crippen LogP contribution in [0.1, 0.15) is 19.6 Å². The first-order chi connectivity index (χ1) is 15.2. The van der Waals surface area contributed by atoms with Crippen molar-refractivity contribution in [1.29, 1.82) is 0 Å². The Morgan fingerprint density at radius 3 is 2.34 bits per heavy atom. The van der Waals surface area contributed by atoms with Crippen LogP contribution in [0.2, 0.25) is 0 Å². The Labute approximate surface area is 188 Å². The SMILES string of the molecule is COc1ccc(N2CC(C)NC(C)C2)nc1NS(=O)(=O)c1ccc(-c2ccc(C)o2)cc1. The van der Waals surface area contributed by atoms with Crippen molar-refractivity contribution in [2.75, 3.05) is 29.8 Å². The van der Waals surface area contributed by atoms with Gasteiger partial charge in [0.05, 0.1) is 12.0 Å². The molecule has 0 spiro atoms. The average molecular weight is 457 g/mol. The van der Waals surface area contributed by atoms with Crippen molar-refractivity contribution in [2.45, 2.75) is 37.8 Å². The number of sulfonamides is 1. The van der Waals surface area contributed by atoms with Crippen LogP contribution in [-0.2, 0) is 10.0 Å². The fourth-order valence-corrected chi connectivity index (χ4v) is 4.95. The zero-order valence-corrected chi connectivity index (χ0v) is 19.4. The summed E-state index contributed by atoms with van der Waals surface area (Å²) in [6.45, 7) is 7.66. The third-order valence-electron chi connectivity index (χ3n) is 5.37. The van der Waals surface area contributed by atoms with Gasteiger partial charge in [0.1, 0.15) is 17.3 Å². The number of pyridine rings is 1. The maximum Gasteiger partial charge on any atom is 0.263 e. The minimum Gasteiger partial charge on any atom is -0.493 e. The molecular weight excluding hydrogens is 428 g/mol. The van der Waals surface area contributed by atoms with Crippen LogP contribution in [0.3, 0.4) is 0 Å². The van der Waals surface area contributed by atoms with E-state index < -0.39 is 10.0 Å². The van der Waals surface area contributed by atoms with Crippen LogP contribution in [0.5, 0.6) is 5.75 Å². The lowest BCUT2D eigenvalue weighted by atomic mass is 10.1. The van der Waals surface area contributed by atoms with E-state index in [1.54, 1.807) is 30.3 Å². The van der Waals surface area contributed by atoms with E-state index in [2.05, 4.69) is 33.8 Å². The Hall–Kier alpha value is -3.04. The molecular formula is C23H28N4O4S. The zero-order chi connectivity index (χ0) is 22.9. The molecule has 0 amide bonds. The molecule has 3 aromatic rings. The summed E-state index contributed by atoms with van der Waals surface area (Å²) < 4.78 is 39.7. The summed E-state index contributed by atoms with van der Waals surface area (Å²) in [6.07, 6.45) is 0. The topological polar surface area (TPSA) is 96.7 Å². The molecule has 0 saturated carbocycles. The molecule has 4 rings (SSSR count). The van der Waals surface area contributed by atoms with E-state index in [1.807, 2.05) is 25.1 Å². The predicted molar refractivity (Wildman–Crippen MR) is 125 cm³/mol. The summed E-state index contributed by atoms with van der Waals surface area (Å²) >= 11 is 0. The van der Waals surface area contributed by atoms with Gasteiger partial charge in [0.2, 0.25) is 0 Å². The Balaban J connectivity index is 1.59. The van der Waals surface area contributed by atoms with Crippen LogP contribution in [0.4, 0.5) is 11.6 Å². The monoisotopic (exact) mass is 456 g/mol. The van der Waals surface area contributed by atoms with E-state index in [-0.39, 0.29) is 10.7 Å². The number of anilines is 2. The minimum absolute atomic E-state index is 0.128. The molecule has 3 heterocycles. The molecule has 1 aromatic carbocycles. The van der Waals surface area contributed by atoms with Crippen LogP contribution in [-0.4, -0.2) is 45.7 Å². The molecule has 0 bridgehead atoms. The number of nitrogens with zero attached hydrogens (tertiary/aromatic N) is 2. The average Bonchev–Trinajstić information content (AvgIpc) is 3.19. The number of aromatic nitrogens is 1. The Bertz CT molecular complexity index is 1180. The van der Waals surface area contributed by atoms with E-state index in [0.29, 0.717) is 29.4 Å². The summed E-state index contributed by atoms with van der Waals surface area (Å²) in [5.41, 5.74) is 0.803. The van der Waals surface area contributed by atoms with Crippen molar-refractivity contribution in [2.24, 2.45) is 0 Å². The van der Waals surface area contributed by atoms with Crippen molar-refractivity contribution in [3.05, 3.63) is 54.3 Å². The molecule has 2 N–H and O–H groups in total. The van der Waals surface area contributed by atoms with E-state index in [9.17, 15) is 8.42 Å². The van der Waals surface area contributed by atoms with Gasteiger partial charge in [-0.1, -0.05) is 0 Å². The number of piperazine rings is 1. The number of hydrogen-bond acceptors (Lipinski definition) is 7. The lowest BCUT2D eigenvalue weighted by Crippen LogP contribution is -2.54. The number of furan rings is 1. The molecule has 2 unspecified atom stereocenters.